The number of likely N-dealkylation sites (tertiary alicyclic amines) is 1. The zero-order valence-corrected chi connectivity index (χ0v) is 10.4. The van der Waals surface area contributed by atoms with Crippen LogP contribution in [0.5, 0.6) is 0 Å². The molecule has 1 rings (SSSR count). The molecule has 1 aliphatic heterocycles. The second-order valence-corrected chi connectivity index (χ2v) is 5.15. The van der Waals surface area contributed by atoms with E-state index in [-0.39, 0.29) is 0 Å². The molecule has 1 heteroatoms. The van der Waals surface area contributed by atoms with Gasteiger partial charge in [0.15, 0.2) is 0 Å². The maximum absolute atomic E-state index is 2.50. The lowest BCUT2D eigenvalue weighted by Crippen LogP contribution is -2.24. The maximum Gasteiger partial charge on any atom is 0.000983 e. The van der Waals surface area contributed by atoms with Crippen molar-refractivity contribution in [3.63, 3.8) is 0 Å². The molecule has 1 saturated heterocycles. The molecular formula is C13H27N. The molecule has 0 radical (unpaired) electrons. The van der Waals surface area contributed by atoms with Gasteiger partial charge in [0.05, 0.1) is 0 Å². The van der Waals surface area contributed by atoms with Crippen LogP contribution in [0, 0.1) is 17.8 Å². The van der Waals surface area contributed by atoms with E-state index in [4.69, 9.17) is 0 Å². The predicted molar refractivity (Wildman–Crippen MR) is 63.5 cm³/mol. The Balaban J connectivity index is 2.49. The van der Waals surface area contributed by atoms with E-state index in [1.165, 1.54) is 38.8 Å². The lowest BCUT2D eigenvalue weighted by atomic mass is 9.78. The van der Waals surface area contributed by atoms with Crippen LogP contribution in [0.1, 0.15) is 46.5 Å². The molecule has 1 heterocycles. The van der Waals surface area contributed by atoms with Crippen molar-refractivity contribution in [2.45, 2.75) is 46.5 Å². The second kappa shape index (κ2) is 5.75. The van der Waals surface area contributed by atoms with Crippen molar-refractivity contribution in [2.24, 2.45) is 17.8 Å². The summed E-state index contributed by atoms with van der Waals surface area (Å²) in [5.74, 6) is 2.89. The Hall–Kier alpha value is -0.0400. The summed E-state index contributed by atoms with van der Waals surface area (Å²) < 4.78 is 0. The van der Waals surface area contributed by atoms with Crippen LogP contribution in [0.25, 0.3) is 0 Å². The highest BCUT2D eigenvalue weighted by molar-refractivity contribution is 4.81. The smallest absolute Gasteiger partial charge is 0.000983 e. The van der Waals surface area contributed by atoms with Crippen LogP contribution in [0.15, 0.2) is 0 Å². The fourth-order valence-corrected chi connectivity index (χ4v) is 2.94. The summed E-state index contributed by atoms with van der Waals surface area (Å²) in [5, 5.41) is 0. The largest absolute Gasteiger partial charge is 0.306 e. The third-order valence-corrected chi connectivity index (χ3v) is 4.03. The summed E-state index contributed by atoms with van der Waals surface area (Å²) in [6.07, 6.45) is 5.58. The molecule has 0 saturated carbocycles. The number of hydrogen-bond donors (Lipinski definition) is 0. The van der Waals surface area contributed by atoms with Crippen LogP contribution in [-0.4, -0.2) is 25.0 Å². The van der Waals surface area contributed by atoms with Crippen LogP contribution in [0.3, 0.4) is 0 Å². The highest BCUT2D eigenvalue weighted by Gasteiger charge is 2.29. The molecule has 0 aromatic rings. The SMILES string of the molecule is CCCC(C(C)CC)C1CCN(C)C1. The third-order valence-electron chi connectivity index (χ3n) is 4.03. The van der Waals surface area contributed by atoms with E-state index >= 15 is 0 Å². The molecule has 3 atom stereocenters. The van der Waals surface area contributed by atoms with Gasteiger partial charge in [0.2, 0.25) is 0 Å². The van der Waals surface area contributed by atoms with Crippen molar-refractivity contribution >= 4 is 0 Å². The molecule has 0 aromatic carbocycles. The van der Waals surface area contributed by atoms with E-state index in [0.29, 0.717) is 0 Å². The van der Waals surface area contributed by atoms with Gasteiger partial charge in [-0.3, -0.25) is 0 Å². The minimum absolute atomic E-state index is 0.923. The van der Waals surface area contributed by atoms with Crippen molar-refractivity contribution in [2.75, 3.05) is 20.1 Å². The van der Waals surface area contributed by atoms with Crippen molar-refractivity contribution in [1.82, 2.24) is 4.90 Å². The Morgan fingerprint density at radius 2 is 2.07 bits per heavy atom. The summed E-state index contributed by atoms with van der Waals surface area (Å²) in [6, 6.07) is 0. The average Bonchev–Trinajstić information content (AvgIpc) is 2.60. The quantitative estimate of drug-likeness (QED) is 0.653. The fourth-order valence-electron chi connectivity index (χ4n) is 2.94. The Bertz CT molecular complexity index is 155. The molecule has 14 heavy (non-hydrogen) atoms. The molecule has 0 amide bonds. The lowest BCUT2D eigenvalue weighted by Gasteiger charge is -2.28. The van der Waals surface area contributed by atoms with Crippen molar-refractivity contribution < 1.29 is 0 Å². The van der Waals surface area contributed by atoms with Crippen LogP contribution >= 0.6 is 0 Å². The topological polar surface area (TPSA) is 3.24 Å². The molecule has 1 nitrogen and oxygen atoms in total. The average molecular weight is 197 g/mol. The fraction of sp³-hybridized carbons (Fsp3) is 1.00. The van der Waals surface area contributed by atoms with Gasteiger partial charge >= 0.3 is 0 Å². The summed E-state index contributed by atoms with van der Waals surface area (Å²) in [4.78, 5) is 2.50. The van der Waals surface area contributed by atoms with E-state index in [1.54, 1.807) is 0 Å². The molecule has 1 aliphatic rings. The van der Waals surface area contributed by atoms with Crippen molar-refractivity contribution in [3.8, 4) is 0 Å². The number of hydrogen-bond acceptors (Lipinski definition) is 1. The Morgan fingerprint density at radius 3 is 2.50 bits per heavy atom. The van der Waals surface area contributed by atoms with Gasteiger partial charge < -0.3 is 4.90 Å². The molecule has 0 spiro atoms. The highest BCUT2D eigenvalue weighted by Crippen LogP contribution is 2.33. The first-order chi connectivity index (χ1) is 6.69. The Labute approximate surface area is 89.9 Å². The van der Waals surface area contributed by atoms with E-state index in [1.807, 2.05) is 0 Å². The first kappa shape index (κ1) is 12.0. The predicted octanol–water partition coefficient (Wildman–Crippen LogP) is 3.40. The van der Waals surface area contributed by atoms with Gasteiger partial charge in [-0.05, 0) is 37.8 Å². The number of rotatable bonds is 5. The Morgan fingerprint density at radius 1 is 1.36 bits per heavy atom. The molecule has 0 N–H and O–H groups in total. The van der Waals surface area contributed by atoms with Crippen LogP contribution < -0.4 is 0 Å². The van der Waals surface area contributed by atoms with Gasteiger partial charge in [0.1, 0.15) is 0 Å². The van der Waals surface area contributed by atoms with Gasteiger partial charge in [-0.15, -0.1) is 0 Å². The van der Waals surface area contributed by atoms with E-state index in [9.17, 15) is 0 Å². The molecular weight excluding hydrogens is 170 g/mol. The van der Waals surface area contributed by atoms with Crippen LogP contribution in [0.2, 0.25) is 0 Å². The lowest BCUT2D eigenvalue weighted by molar-refractivity contribution is 0.218. The first-order valence-corrected chi connectivity index (χ1v) is 6.37. The normalized spacial score (nSPS) is 27.9. The molecule has 3 unspecified atom stereocenters. The zero-order chi connectivity index (χ0) is 10.6. The van der Waals surface area contributed by atoms with E-state index < -0.39 is 0 Å². The standard InChI is InChI=1S/C13H27N/c1-5-7-13(11(3)6-2)12-8-9-14(4)10-12/h11-13H,5-10H2,1-4H3. The molecule has 1 fully saturated rings. The molecule has 0 bridgehead atoms. The summed E-state index contributed by atoms with van der Waals surface area (Å²) in [5.41, 5.74) is 0. The van der Waals surface area contributed by atoms with Gasteiger partial charge in [-0.25, -0.2) is 0 Å². The molecule has 84 valence electrons. The van der Waals surface area contributed by atoms with Crippen LogP contribution in [0.4, 0.5) is 0 Å². The molecule has 0 aromatic heterocycles. The minimum atomic E-state index is 0.923. The van der Waals surface area contributed by atoms with Gasteiger partial charge in [0.25, 0.3) is 0 Å². The zero-order valence-electron chi connectivity index (χ0n) is 10.4. The molecule has 0 aliphatic carbocycles. The summed E-state index contributed by atoms with van der Waals surface area (Å²) in [6.45, 7) is 9.77. The van der Waals surface area contributed by atoms with Crippen molar-refractivity contribution in [1.29, 1.82) is 0 Å². The third kappa shape index (κ3) is 2.98. The van der Waals surface area contributed by atoms with E-state index in [0.717, 1.165) is 17.8 Å². The highest BCUT2D eigenvalue weighted by atomic mass is 15.1. The maximum atomic E-state index is 2.50. The summed E-state index contributed by atoms with van der Waals surface area (Å²) in [7, 11) is 2.26. The number of nitrogens with zero attached hydrogens (tertiary/aromatic N) is 1. The van der Waals surface area contributed by atoms with Crippen molar-refractivity contribution in [3.05, 3.63) is 0 Å². The van der Waals surface area contributed by atoms with Crippen LogP contribution in [-0.2, 0) is 0 Å². The van der Waals surface area contributed by atoms with Gasteiger partial charge in [0, 0.05) is 6.54 Å². The van der Waals surface area contributed by atoms with Gasteiger partial charge in [-0.1, -0.05) is 40.0 Å². The Kier molecular flexibility index (Phi) is 4.94. The minimum Gasteiger partial charge on any atom is -0.306 e. The summed E-state index contributed by atoms with van der Waals surface area (Å²) >= 11 is 0. The first-order valence-electron chi connectivity index (χ1n) is 6.37. The van der Waals surface area contributed by atoms with Gasteiger partial charge in [-0.2, -0.15) is 0 Å². The monoisotopic (exact) mass is 197 g/mol. The van der Waals surface area contributed by atoms with E-state index in [2.05, 4.69) is 32.7 Å². The second-order valence-electron chi connectivity index (χ2n) is 5.15.